The van der Waals surface area contributed by atoms with E-state index in [1.807, 2.05) is 11.3 Å². The lowest BCUT2D eigenvalue weighted by Gasteiger charge is -2.36. The molecule has 0 aliphatic carbocycles. The molecule has 0 aromatic carbocycles. The van der Waals surface area contributed by atoms with Gasteiger partial charge >= 0.3 is 0 Å². The van der Waals surface area contributed by atoms with Crippen molar-refractivity contribution in [2.45, 2.75) is 38.8 Å². The van der Waals surface area contributed by atoms with Crippen LogP contribution in [0.5, 0.6) is 0 Å². The molecule has 0 bridgehead atoms. The lowest BCUT2D eigenvalue weighted by Crippen LogP contribution is -2.48. The zero-order chi connectivity index (χ0) is 14.8. The Morgan fingerprint density at radius 3 is 3.19 bits per heavy atom. The van der Waals surface area contributed by atoms with Gasteiger partial charge in [-0.2, -0.15) is 0 Å². The molecule has 4 nitrogen and oxygen atoms in total. The van der Waals surface area contributed by atoms with Crippen molar-refractivity contribution in [2.24, 2.45) is 5.92 Å². The molecule has 1 amide bonds. The van der Waals surface area contributed by atoms with Crippen LogP contribution < -0.4 is 5.32 Å². The molecule has 21 heavy (non-hydrogen) atoms. The summed E-state index contributed by atoms with van der Waals surface area (Å²) in [6, 6.07) is 2.54. The van der Waals surface area contributed by atoms with Gasteiger partial charge in [0, 0.05) is 17.5 Å². The Hall–Kier alpha value is -0.910. The van der Waals surface area contributed by atoms with Crippen molar-refractivity contribution < 1.29 is 9.53 Å². The fraction of sp³-hybridized carbons (Fsp3) is 0.688. The van der Waals surface area contributed by atoms with E-state index in [2.05, 4.69) is 35.5 Å². The first-order valence-electron chi connectivity index (χ1n) is 7.90. The van der Waals surface area contributed by atoms with E-state index < -0.39 is 0 Å². The standard InChI is InChI=1S/C16H24N2O2S/c1-3-6-17-14-10-20-9-13(14)16(19)18-7-4-15-12(11(18)2)5-8-21-15/h5,8,11,13-14,17H,3-4,6-7,9-10H2,1-2H3. The predicted octanol–water partition coefficient (Wildman–Crippen LogP) is 2.21. The van der Waals surface area contributed by atoms with Gasteiger partial charge in [-0.25, -0.2) is 0 Å². The van der Waals surface area contributed by atoms with Crippen LogP contribution in [-0.2, 0) is 16.0 Å². The van der Waals surface area contributed by atoms with E-state index in [4.69, 9.17) is 4.74 Å². The molecule has 116 valence electrons. The molecular weight excluding hydrogens is 284 g/mol. The minimum absolute atomic E-state index is 0.0285. The van der Waals surface area contributed by atoms with Crippen molar-refractivity contribution in [3.8, 4) is 0 Å². The van der Waals surface area contributed by atoms with Crippen molar-refractivity contribution in [2.75, 3.05) is 26.3 Å². The van der Waals surface area contributed by atoms with Gasteiger partial charge in [0.2, 0.25) is 5.91 Å². The highest BCUT2D eigenvalue weighted by atomic mass is 32.1. The second-order valence-corrected chi connectivity index (χ2v) is 6.96. The van der Waals surface area contributed by atoms with E-state index in [-0.39, 0.29) is 23.9 Å². The Kier molecular flexibility index (Phi) is 4.62. The molecule has 1 fully saturated rings. The van der Waals surface area contributed by atoms with Crippen LogP contribution in [0.1, 0.15) is 36.8 Å². The van der Waals surface area contributed by atoms with Gasteiger partial charge in [-0.15, -0.1) is 11.3 Å². The zero-order valence-corrected chi connectivity index (χ0v) is 13.6. The second-order valence-electron chi connectivity index (χ2n) is 5.96. The van der Waals surface area contributed by atoms with Crippen LogP contribution in [0.25, 0.3) is 0 Å². The second kappa shape index (κ2) is 6.46. The molecule has 1 aromatic heterocycles. The number of fused-ring (bicyclic) bond motifs is 1. The maximum Gasteiger partial charge on any atom is 0.230 e. The Morgan fingerprint density at radius 2 is 2.38 bits per heavy atom. The minimum atomic E-state index is -0.0285. The lowest BCUT2D eigenvalue weighted by atomic mass is 9.96. The molecule has 3 heterocycles. The number of rotatable bonds is 4. The number of ether oxygens (including phenoxy) is 1. The maximum atomic E-state index is 12.9. The summed E-state index contributed by atoms with van der Waals surface area (Å²) in [5, 5.41) is 5.60. The van der Waals surface area contributed by atoms with Crippen LogP contribution in [-0.4, -0.2) is 43.2 Å². The van der Waals surface area contributed by atoms with Crippen molar-refractivity contribution >= 4 is 17.2 Å². The summed E-state index contributed by atoms with van der Waals surface area (Å²) in [6.45, 7) is 7.28. The van der Waals surface area contributed by atoms with Gasteiger partial charge in [-0.05, 0) is 43.3 Å². The summed E-state index contributed by atoms with van der Waals surface area (Å²) in [5.41, 5.74) is 1.33. The number of nitrogens with zero attached hydrogens (tertiary/aromatic N) is 1. The topological polar surface area (TPSA) is 41.6 Å². The lowest BCUT2D eigenvalue weighted by molar-refractivity contribution is -0.138. The van der Waals surface area contributed by atoms with Crippen molar-refractivity contribution in [3.63, 3.8) is 0 Å². The number of hydrogen-bond acceptors (Lipinski definition) is 4. The highest BCUT2D eigenvalue weighted by Crippen LogP contribution is 2.34. The summed E-state index contributed by atoms with van der Waals surface area (Å²) < 4.78 is 5.56. The number of carbonyl (C=O) groups is 1. The quantitative estimate of drug-likeness (QED) is 0.927. The van der Waals surface area contributed by atoms with Crippen molar-refractivity contribution in [3.05, 3.63) is 21.9 Å². The minimum Gasteiger partial charge on any atom is -0.379 e. The van der Waals surface area contributed by atoms with E-state index in [9.17, 15) is 4.79 Å². The highest BCUT2D eigenvalue weighted by Gasteiger charge is 2.39. The van der Waals surface area contributed by atoms with Crippen LogP contribution in [0.4, 0.5) is 0 Å². The van der Waals surface area contributed by atoms with Crippen LogP contribution in [0, 0.1) is 5.92 Å². The fourth-order valence-corrected chi connectivity index (χ4v) is 4.31. The normalized spacial score (nSPS) is 28.7. The third-order valence-corrected chi connectivity index (χ3v) is 5.61. The first-order valence-corrected chi connectivity index (χ1v) is 8.78. The monoisotopic (exact) mass is 308 g/mol. The summed E-state index contributed by atoms with van der Waals surface area (Å²) in [4.78, 5) is 16.4. The van der Waals surface area contributed by atoms with E-state index >= 15 is 0 Å². The molecule has 0 radical (unpaired) electrons. The average molecular weight is 308 g/mol. The average Bonchev–Trinajstić information content (AvgIpc) is 3.14. The molecule has 1 saturated heterocycles. The summed E-state index contributed by atoms with van der Waals surface area (Å²) in [7, 11) is 0. The maximum absolute atomic E-state index is 12.9. The molecule has 1 N–H and O–H groups in total. The largest absolute Gasteiger partial charge is 0.379 e. The molecular formula is C16H24N2O2S. The molecule has 3 unspecified atom stereocenters. The van der Waals surface area contributed by atoms with E-state index in [0.717, 1.165) is 25.9 Å². The first kappa shape index (κ1) is 15.0. The van der Waals surface area contributed by atoms with E-state index in [1.54, 1.807) is 0 Å². The van der Waals surface area contributed by atoms with Gasteiger partial charge in [-0.1, -0.05) is 6.92 Å². The molecule has 3 rings (SSSR count). The number of carbonyl (C=O) groups excluding carboxylic acids is 1. The van der Waals surface area contributed by atoms with Gasteiger partial charge in [0.05, 0.1) is 25.2 Å². The molecule has 2 aliphatic heterocycles. The van der Waals surface area contributed by atoms with Gasteiger partial charge in [0.25, 0.3) is 0 Å². The van der Waals surface area contributed by atoms with Crippen LogP contribution in [0.2, 0.25) is 0 Å². The van der Waals surface area contributed by atoms with Crippen LogP contribution in [0.3, 0.4) is 0 Å². The summed E-state index contributed by atoms with van der Waals surface area (Å²) >= 11 is 1.81. The molecule has 3 atom stereocenters. The third-order valence-electron chi connectivity index (χ3n) is 4.61. The summed E-state index contributed by atoms with van der Waals surface area (Å²) in [6.07, 6.45) is 2.07. The Labute approximate surface area is 130 Å². The van der Waals surface area contributed by atoms with Crippen molar-refractivity contribution in [1.82, 2.24) is 10.2 Å². The fourth-order valence-electron chi connectivity index (χ4n) is 3.35. The van der Waals surface area contributed by atoms with Crippen LogP contribution in [0.15, 0.2) is 11.4 Å². The van der Waals surface area contributed by atoms with Gasteiger partial charge in [0.1, 0.15) is 0 Å². The molecule has 2 aliphatic rings. The highest BCUT2D eigenvalue weighted by molar-refractivity contribution is 7.10. The number of thiophene rings is 1. The number of nitrogens with one attached hydrogen (secondary N) is 1. The Balaban J connectivity index is 1.70. The predicted molar refractivity (Wildman–Crippen MR) is 84.5 cm³/mol. The Bertz CT molecular complexity index is 502. The number of amides is 1. The van der Waals surface area contributed by atoms with Gasteiger partial charge in [0.15, 0.2) is 0 Å². The van der Waals surface area contributed by atoms with Crippen molar-refractivity contribution in [1.29, 1.82) is 0 Å². The Morgan fingerprint density at radius 1 is 1.52 bits per heavy atom. The summed E-state index contributed by atoms with van der Waals surface area (Å²) in [5.74, 6) is 0.227. The van der Waals surface area contributed by atoms with Gasteiger partial charge in [-0.3, -0.25) is 4.79 Å². The SMILES string of the molecule is CCCNC1COCC1C(=O)N1CCc2sccc2C1C. The number of hydrogen-bond donors (Lipinski definition) is 1. The van der Waals surface area contributed by atoms with E-state index in [1.165, 1.54) is 10.4 Å². The van der Waals surface area contributed by atoms with Crippen LogP contribution >= 0.6 is 11.3 Å². The molecule has 1 aromatic rings. The first-order chi connectivity index (χ1) is 10.2. The molecule has 5 heteroatoms. The smallest absolute Gasteiger partial charge is 0.230 e. The third kappa shape index (κ3) is 2.87. The zero-order valence-electron chi connectivity index (χ0n) is 12.8. The van der Waals surface area contributed by atoms with E-state index in [0.29, 0.717) is 13.2 Å². The molecule has 0 spiro atoms. The van der Waals surface area contributed by atoms with Gasteiger partial charge < -0.3 is 15.0 Å². The molecule has 0 saturated carbocycles.